The van der Waals surface area contributed by atoms with Crippen LogP contribution in [0.2, 0.25) is 0 Å². The lowest BCUT2D eigenvalue weighted by Crippen LogP contribution is -2.42. The summed E-state index contributed by atoms with van der Waals surface area (Å²) in [6.07, 6.45) is 0.404. The van der Waals surface area contributed by atoms with Crippen LogP contribution in [0.1, 0.15) is 64.1 Å². The molecule has 0 bridgehead atoms. The Morgan fingerprint density at radius 3 is 2.21 bits per heavy atom. The Bertz CT molecular complexity index is 1470. The molecule has 0 saturated carbocycles. The molecule has 3 rings (SSSR count). The third-order valence-electron chi connectivity index (χ3n) is 5.85. The lowest BCUT2D eigenvalue weighted by Gasteiger charge is -2.27. The van der Waals surface area contributed by atoms with Crippen LogP contribution in [0.3, 0.4) is 0 Å². The van der Waals surface area contributed by atoms with E-state index in [0.717, 1.165) is 26.4 Å². The molecule has 230 valence electrons. The number of rotatable bonds is 11. The second-order valence-corrected chi connectivity index (χ2v) is 15.0. The molecule has 0 aliphatic heterocycles. The van der Waals surface area contributed by atoms with Crippen molar-refractivity contribution in [2.24, 2.45) is 0 Å². The van der Waals surface area contributed by atoms with Crippen molar-refractivity contribution in [1.29, 1.82) is 0 Å². The predicted molar refractivity (Wildman–Crippen MR) is 165 cm³/mol. The Balaban J connectivity index is 1.54. The van der Waals surface area contributed by atoms with Crippen LogP contribution in [-0.4, -0.2) is 61.3 Å². The lowest BCUT2D eigenvalue weighted by molar-refractivity contribution is 0.0251. The van der Waals surface area contributed by atoms with E-state index in [1.165, 1.54) is 22.3 Å². The van der Waals surface area contributed by atoms with Gasteiger partial charge in [0.2, 0.25) is 10.0 Å². The van der Waals surface area contributed by atoms with Crippen LogP contribution in [0.4, 0.5) is 9.59 Å². The second kappa shape index (κ2) is 13.8. The lowest BCUT2D eigenvalue weighted by atomic mass is 10.1. The van der Waals surface area contributed by atoms with Crippen LogP contribution < -0.4 is 10.0 Å². The van der Waals surface area contributed by atoms with Crippen molar-refractivity contribution in [1.82, 2.24) is 19.9 Å². The standard InChI is InChI=1S/C30H42N4O6S2/c1-21-33-25-15-14-24(19-26(25)41-21)42(37,38)32-16-18-34(28(36)40-30(5,6)7)17-8-9-22-10-12-23(13-11-22)20-31-27(35)39-29(2,3)4/h10-15,19,32H,8-9,16-18,20H2,1-7H3,(H,31,35). The predicted octanol–water partition coefficient (Wildman–Crippen LogP) is 5.78. The number of hydrogen-bond acceptors (Lipinski definition) is 8. The Morgan fingerprint density at radius 1 is 0.929 bits per heavy atom. The molecule has 1 heterocycles. The highest BCUT2D eigenvalue weighted by Gasteiger charge is 2.23. The van der Waals surface area contributed by atoms with Gasteiger partial charge in [0.15, 0.2) is 0 Å². The molecule has 0 fully saturated rings. The van der Waals surface area contributed by atoms with E-state index in [1.807, 2.05) is 52.0 Å². The summed E-state index contributed by atoms with van der Waals surface area (Å²) in [5.41, 5.74) is 1.55. The molecule has 1 aromatic heterocycles. The summed E-state index contributed by atoms with van der Waals surface area (Å²) >= 11 is 1.44. The summed E-state index contributed by atoms with van der Waals surface area (Å²) < 4.78 is 40.1. The van der Waals surface area contributed by atoms with Crippen molar-refractivity contribution in [3.63, 3.8) is 0 Å². The summed E-state index contributed by atoms with van der Waals surface area (Å²) in [5, 5.41) is 3.61. The van der Waals surface area contributed by atoms with Crippen molar-refractivity contribution in [3.8, 4) is 0 Å². The minimum Gasteiger partial charge on any atom is -0.444 e. The van der Waals surface area contributed by atoms with Crippen LogP contribution in [0.25, 0.3) is 10.2 Å². The van der Waals surface area contributed by atoms with Crippen LogP contribution in [0.5, 0.6) is 0 Å². The zero-order valence-corrected chi connectivity index (χ0v) is 27.1. The van der Waals surface area contributed by atoms with Crippen molar-refractivity contribution in [2.45, 2.75) is 84.0 Å². The molecule has 0 atom stereocenters. The minimum absolute atomic E-state index is 0.0423. The van der Waals surface area contributed by atoms with Crippen molar-refractivity contribution in [3.05, 3.63) is 58.6 Å². The summed E-state index contributed by atoms with van der Waals surface area (Å²) in [6.45, 7) is 13.7. The van der Waals surface area contributed by atoms with Gasteiger partial charge in [0.05, 0.1) is 20.1 Å². The smallest absolute Gasteiger partial charge is 0.410 e. The number of aryl methyl sites for hydroxylation is 2. The number of nitrogens with one attached hydrogen (secondary N) is 2. The molecule has 3 aromatic rings. The Kier molecular flexibility index (Phi) is 11.0. The van der Waals surface area contributed by atoms with E-state index in [4.69, 9.17) is 9.47 Å². The van der Waals surface area contributed by atoms with Gasteiger partial charge in [-0.3, -0.25) is 0 Å². The summed E-state index contributed by atoms with van der Waals surface area (Å²) in [7, 11) is -3.77. The number of thiazole rings is 1. The molecule has 2 aromatic carbocycles. The van der Waals surface area contributed by atoms with E-state index in [9.17, 15) is 18.0 Å². The number of fused-ring (bicyclic) bond motifs is 1. The van der Waals surface area contributed by atoms with Crippen molar-refractivity contribution in [2.75, 3.05) is 19.6 Å². The van der Waals surface area contributed by atoms with Gasteiger partial charge in [0.1, 0.15) is 11.2 Å². The molecule has 42 heavy (non-hydrogen) atoms. The number of carbonyl (C=O) groups is 2. The zero-order chi connectivity index (χ0) is 31.1. The largest absolute Gasteiger partial charge is 0.444 e. The first kappa shape index (κ1) is 33.3. The number of alkyl carbamates (subject to hydrolysis) is 1. The van der Waals surface area contributed by atoms with Crippen LogP contribution >= 0.6 is 11.3 Å². The monoisotopic (exact) mass is 618 g/mol. The zero-order valence-electron chi connectivity index (χ0n) is 25.4. The fourth-order valence-electron chi connectivity index (χ4n) is 3.99. The topological polar surface area (TPSA) is 127 Å². The minimum atomic E-state index is -3.77. The maximum absolute atomic E-state index is 12.9. The molecule has 0 unspecified atom stereocenters. The second-order valence-electron chi connectivity index (χ2n) is 12.0. The molecule has 0 aliphatic carbocycles. The first-order valence-electron chi connectivity index (χ1n) is 13.9. The first-order valence-corrected chi connectivity index (χ1v) is 16.2. The van der Waals surface area contributed by atoms with Gasteiger partial charge in [0.25, 0.3) is 0 Å². The van der Waals surface area contributed by atoms with Gasteiger partial charge in [-0.15, -0.1) is 11.3 Å². The summed E-state index contributed by atoms with van der Waals surface area (Å²) in [5.74, 6) is 0. The quantitative estimate of drug-likeness (QED) is 0.279. The highest BCUT2D eigenvalue weighted by Crippen LogP contribution is 2.24. The third kappa shape index (κ3) is 10.9. The van der Waals surface area contributed by atoms with Gasteiger partial charge < -0.3 is 19.7 Å². The molecule has 0 spiro atoms. The van der Waals surface area contributed by atoms with Gasteiger partial charge in [-0.05, 0) is 90.6 Å². The van der Waals surface area contributed by atoms with Crippen LogP contribution in [0, 0.1) is 6.92 Å². The maximum atomic E-state index is 12.9. The maximum Gasteiger partial charge on any atom is 0.410 e. The van der Waals surface area contributed by atoms with Crippen molar-refractivity contribution >= 4 is 43.8 Å². The SMILES string of the molecule is Cc1nc2ccc(S(=O)(=O)NCCN(CCCc3ccc(CNC(=O)OC(C)(C)C)cc3)C(=O)OC(C)(C)C)cc2s1. The van der Waals surface area contributed by atoms with Gasteiger partial charge >= 0.3 is 12.2 Å². The molecule has 2 amide bonds. The Morgan fingerprint density at radius 2 is 1.57 bits per heavy atom. The van der Waals surface area contributed by atoms with Gasteiger partial charge in [-0.2, -0.15) is 0 Å². The number of benzene rings is 2. The number of aromatic nitrogens is 1. The van der Waals surface area contributed by atoms with E-state index in [-0.39, 0.29) is 18.0 Å². The molecular formula is C30H42N4O6S2. The summed E-state index contributed by atoms with van der Waals surface area (Å²) in [6, 6.07) is 12.7. The molecule has 10 nitrogen and oxygen atoms in total. The molecule has 12 heteroatoms. The first-order chi connectivity index (χ1) is 19.5. The summed E-state index contributed by atoms with van der Waals surface area (Å²) in [4.78, 5) is 30.9. The third-order valence-corrected chi connectivity index (χ3v) is 8.25. The highest BCUT2D eigenvalue weighted by atomic mass is 32.2. The van der Waals surface area contributed by atoms with Crippen molar-refractivity contribution < 1.29 is 27.5 Å². The fourth-order valence-corrected chi connectivity index (χ4v) is 5.98. The number of carbonyl (C=O) groups excluding carboxylic acids is 2. The normalized spacial score (nSPS) is 12.3. The number of ether oxygens (including phenoxy) is 2. The number of sulfonamides is 1. The van der Waals surface area contributed by atoms with Gasteiger partial charge in [-0.25, -0.2) is 27.7 Å². The Labute approximate surface area is 252 Å². The van der Waals surface area contributed by atoms with Gasteiger partial charge in [-0.1, -0.05) is 24.3 Å². The van der Waals surface area contributed by atoms with E-state index in [2.05, 4.69) is 15.0 Å². The molecule has 0 radical (unpaired) electrons. The number of hydrogen-bond donors (Lipinski definition) is 2. The number of nitrogens with zero attached hydrogens (tertiary/aromatic N) is 2. The molecule has 2 N–H and O–H groups in total. The molecule has 0 saturated heterocycles. The average molecular weight is 619 g/mol. The Hall–Kier alpha value is -3.22. The number of amides is 2. The van der Waals surface area contributed by atoms with E-state index in [1.54, 1.807) is 32.9 Å². The highest BCUT2D eigenvalue weighted by molar-refractivity contribution is 7.89. The van der Waals surface area contributed by atoms with E-state index >= 15 is 0 Å². The molecular weight excluding hydrogens is 576 g/mol. The average Bonchev–Trinajstić information content (AvgIpc) is 3.24. The molecule has 0 aliphatic rings. The van der Waals surface area contributed by atoms with Crippen LogP contribution in [-0.2, 0) is 32.5 Å². The van der Waals surface area contributed by atoms with E-state index < -0.39 is 33.4 Å². The van der Waals surface area contributed by atoms with Crippen LogP contribution in [0.15, 0.2) is 47.4 Å². The van der Waals surface area contributed by atoms with Gasteiger partial charge in [0, 0.05) is 26.2 Å². The van der Waals surface area contributed by atoms with E-state index in [0.29, 0.717) is 25.9 Å². The fraction of sp³-hybridized carbons (Fsp3) is 0.500.